The zero-order valence-corrected chi connectivity index (χ0v) is 32.8. The van der Waals surface area contributed by atoms with E-state index in [0.29, 0.717) is 19.3 Å². The highest BCUT2D eigenvalue weighted by Gasteiger charge is 2.27. The normalized spacial score (nSPS) is 15.2. The predicted octanol–water partition coefficient (Wildman–Crippen LogP) is 9.44. The average molecular weight is 761 g/mol. The molecule has 0 aliphatic heterocycles. The van der Waals surface area contributed by atoms with Crippen molar-refractivity contribution < 1.29 is 47.8 Å². The maximum atomic E-state index is 12.5. The van der Waals surface area contributed by atoms with Gasteiger partial charge < -0.3 is 24.6 Å². The lowest BCUT2D eigenvalue weighted by molar-refractivity contribution is -0.161. The number of hydrogen-bond acceptors (Lipinski definition) is 9. The monoisotopic (exact) mass is 760 g/mol. The van der Waals surface area contributed by atoms with Gasteiger partial charge in [-0.15, -0.1) is 0 Å². The summed E-state index contributed by atoms with van der Waals surface area (Å²) in [6.45, 7) is 1.95. The van der Waals surface area contributed by atoms with E-state index in [4.69, 9.17) is 19.1 Å². The summed E-state index contributed by atoms with van der Waals surface area (Å²) < 4.78 is 32.4. The third kappa shape index (κ3) is 36.8. The van der Waals surface area contributed by atoms with Crippen molar-refractivity contribution in [3.63, 3.8) is 0 Å². The fourth-order valence-electron chi connectivity index (χ4n) is 4.10. The van der Waals surface area contributed by atoms with E-state index < -0.39 is 51.8 Å². The number of aliphatic hydroxyl groups is 2. The number of hydrogen-bond donors (Lipinski definition) is 3. The van der Waals surface area contributed by atoms with Gasteiger partial charge in [0.15, 0.2) is 6.10 Å². The third-order valence-electron chi connectivity index (χ3n) is 6.94. The molecule has 0 spiro atoms. The smallest absolute Gasteiger partial charge is 0.462 e. The van der Waals surface area contributed by atoms with Crippen LogP contribution in [0, 0.1) is 0 Å². The SMILES string of the molecule is CC/C=C\C/C=C\C/C=C\C/C=C\C/C=C\CCCC(=O)OC(COC(=O)CC/C=C\C/C=C\C/C=C\C/C=C\CC)COP(=O)(O)OCC(O)CO. The number of rotatable bonds is 33. The molecule has 0 amide bonds. The second kappa shape index (κ2) is 37.0. The molecule has 0 rings (SSSR count). The molecule has 0 heterocycles. The molecule has 11 heteroatoms. The van der Waals surface area contributed by atoms with Crippen LogP contribution in [0.4, 0.5) is 0 Å². The Morgan fingerprint density at radius 1 is 0.566 bits per heavy atom. The number of phosphoric acid groups is 1. The van der Waals surface area contributed by atoms with Gasteiger partial charge in [0.25, 0.3) is 0 Å². The Morgan fingerprint density at radius 2 is 0.981 bits per heavy atom. The largest absolute Gasteiger partial charge is 0.472 e. The van der Waals surface area contributed by atoms with Gasteiger partial charge in [-0.1, -0.05) is 123 Å². The van der Waals surface area contributed by atoms with Crippen LogP contribution in [0.2, 0.25) is 0 Å². The van der Waals surface area contributed by atoms with Gasteiger partial charge in [0.1, 0.15) is 12.7 Å². The van der Waals surface area contributed by atoms with Crippen molar-refractivity contribution in [3.8, 4) is 0 Å². The summed E-state index contributed by atoms with van der Waals surface area (Å²) >= 11 is 0. The van der Waals surface area contributed by atoms with E-state index >= 15 is 0 Å². The molecule has 3 unspecified atom stereocenters. The first kappa shape index (κ1) is 49.6. The summed E-state index contributed by atoms with van der Waals surface area (Å²) in [6, 6.07) is 0. The van der Waals surface area contributed by atoms with Crippen molar-refractivity contribution >= 4 is 19.8 Å². The standard InChI is InChI=1S/C42H65O10P/c1-3-5-7-9-11-13-15-17-18-19-20-22-24-26-28-30-32-34-42(46)52-40(38-51-53(47,48)50-36-39(44)35-43)37-49-41(45)33-31-29-27-25-23-21-16-14-12-10-8-6-4-2/h5-8,11-14,17-18,20-23,26-29,39-40,43-44H,3-4,9-10,15-16,19,24-25,30-38H2,1-2H3,(H,47,48)/b7-5-,8-6-,13-11-,14-12-,18-17-,22-20-,23-21-,28-26-,29-27-. The second-order valence-electron chi connectivity index (χ2n) is 11.8. The number of phosphoric ester groups is 1. The Hall–Kier alpha value is -3.37. The highest BCUT2D eigenvalue weighted by molar-refractivity contribution is 7.47. The van der Waals surface area contributed by atoms with E-state index in [-0.39, 0.29) is 19.4 Å². The van der Waals surface area contributed by atoms with Gasteiger partial charge in [-0.2, -0.15) is 0 Å². The molecule has 0 aromatic carbocycles. The summed E-state index contributed by atoms with van der Waals surface area (Å²) in [5.74, 6) is -1.10. The molecule has 53 heavy (non-hydrogen) atoms. The Labute approximate surface area is 318 Å². The van der Waals surface area contributed by atoms with Crippen molar-refractivity contribution in [2.75, 3.05) is 26.4 Å². The fraction of sp³-hybridized carbons (Fsp3) is 0.524. The Bertz CT molecular complexity index is 1240. The average Bonchev–Trinajstić information content (AvgIpc) is 3.14. The van der Waals surface area contributed by atoms with Gasteiger partial charge in [-0.25, -0.2) is 4.57 Å². The maximum Gasteiger partial charge on any atom is 0.472 e. The molecule has 3 atom stereocenters. The van der Waals surface area contributed by atoms with Crippen LogP contribution >= 0.6 is 7.82 Å². The zero-order valence-electron chi connectivity index (χ0n) is 31.9. The molecule has 0 aromatic rings. The number of unbranched alkanes of at least 4 members (excludes halogenated alkanes) is 1. The minimum Gasteiger partial charge on any atom is -0.462 e. The lowest BCUT2D eigenvalue weighted by Gasteiger charge is -2.20. The molecule has 0 fully saturated rings. The molecular formula is C42H65O10P. The van der Waals surface area contributed by atoms with Crippen LogP contribution in [0.25, 0.3) is 0 Å². The van der Waals surface area contributed by atoms with Gasteiger partial charge in [-0.3, -0.25) is 18.6 Å². The maximum absolute atomic E-state index is 12.5. The molecule has 0 bridgehead atoms. The molecule has 3 N–H and O–H groups in total. The van der Waals surface area contributed by atoms with Gasteiger partial charge >= 0.3 is 19.8 Å². The van der Waals surface area contributed by atoms with Gasteiger partial charge in [0, 0.05) is 12.8 Å². The van der Waals surface area contributed by atoms with E-state index in [2.05, 4.69) is 103 Å². The highest BCUT2D eigenvalue weighted by Crippen LogP contribution is 2.43. The second-order valence-corrected chi connectivity index (χ2v) is 13.3. The van der Waals surface area contributed by atoms with Crippen molar-refractivity contribution in [3.05, 3.63) is 109 Å². The van der Waals surface area contributed by atoms with Gasteiger partial charge in [-0.05, 0) is 77.0 Å². The zero-order chi connectivity index (χ0) is 39.1. The van der Waals surface area contributed by atoms with Gasteiger partial charge in [0.05, 0.1) is 19.8 Å². The molecule has 0 saturated heterocycles. The summed E-state index contributed by atoms with van der Waals surface area (Å²) in [5.41, 5.74) is 0. The third-order valence-corrected chi connectivity index (χ3v) is 7.89. The Morgan fingerprint density at radius 3 is 1.43 bits per heavy atom. The lowest BCUT2D eigenvalue weighted by Crippen LogP contribution is -2.29. The van der Waals surface area contributed by atoms with Gasteiger partial charge in [0.2, 0.25) is 0 Å². The van der Waals surface area contributed by atoms with Crippen LogP contribution in [0.1, 0.15) is 104 Å². The molecule has 0 saturated carbocycles. The molecule has 0 radical (unpaired) electrons. The lowest BCUT2D eigenvalue weighted by atomic mass is 10.2. The molecule has 0 aliphatic rings. The predicted molar refractivity (Wildman–Crippen MR) is 214 cm³/mol. The Kier molecular flexibility index (Phi) is 34.6. The summed E-state index contributed by atoms with van der Waals surface area (Å²) in [6.07, 6.45) is 45.2. The summed E-state index contributed by atoms with van der Waals surface area (Å²) in [4.78, 5) is 34.8. The molecular weight excluding hydrogens is 695 g/mol. The van der Waals surface area contributed by atoms with Crippen LogP contribution in [-0.2, 0) is 32.7 Å². The van der Waals surface area contributed by atoms with Crippen molar-refractivity contribution in [1.82, 2.24) is 0 Å². The number of allylic oxidation sites excluding steroid dienone is 18. The first-order valence-electron chi connectivity index (χ1n) is 18.8. The number of carbonyl (C=O) groups is 2. The number of aliphatic hydroxyl groups excluding tert-OH is 2. The van der Waals surface area contributed by atoms with Crippen LogP contribution in [0.3, 0.4) is 0 Å². The topological polar surface area (TPSA) is 149 Å². The van der Waals surface area contributed by atoms with Crippen LogP contribution < -0.4 is 0 Å². The molecule has 0 aromatic heterocycles. The minimum absolute atomic E-state index is 0.0839. The van der Waals surface area contributed by atoms with E-state index in [1.807, 2.05) is 24.3 Å². The highest BCUT2D eigenvalue weighted by atomic mass is 31.2. The van der Waals surface area contributed by atoms with E-state index in [1.54, 1.807) is 0 Å². The molecule has 0 aliphatic carbocycles. The first-order valence-corrected chi connectivity index (χ1v) is 20.3. The van der Waals surface area contributed by atoms with Crippen molar-refractivity contribution in [2.45, 2.75) is 116 Å². The number of carbonyl (C=O) groups excluding carboxylic acids is 2. The van der Waals surface area contributed by atoms with E-state index in [9.17, 15) is 24.2 Å². The van der Waals surface area contributed by atoms with Crippen LogP contribution in [-0.4, -0.2) is 65.7 Å². The fourth-order valence-corrected chi connectivity index (χ4v) is 4.89. The quantitative estimate of drug-likeness (QED) is 0.0256. The minimum atomic E-state index is -4.65. The van der Waals surface area contributed by atoms with E-state index in [1.165, 1.54) is 0 Å². The molecule has 10 nitrogen and oxygen atoms in total. The molecule has 298 valence electrons. The Balaban J connectivity index is 4.61. The van der Waals surface area contributed by atoms with Crippen molar-refractivity contribution in [1.29, 1.82) is 0 Å². The summed E-state index contributed by atoms with van der Waals surface area (Å²) in [7, 11) is -4.65. The van der Waals surface area contributed by atoms with Crippen LogP contribution in [0.5, 0.6) is 0 Å². The van der Waals surface area contributed by atoms with E-state index in [0.717, 1.165) is 57.8 Å². The summed E-state index contributed by atoms with van der Waals surface area (Å²) in [5, 5.41) is 18.3. The number of ether oxygens (including phenoxy) is 2. The van der Waals surface area contributed by atoms with Crippen LogP contribution in [0.15, 0.2) is 109 Å². The van der Waals surface area contributed by atoms with Crippen molar-refractivity contribution in [2.24, 2.45) is 0 Å². The number of esters is 2. The first-order chi connectivity index (χ1) is 25.7.